The fraction of sp³-hybridized carbons (Fsp3) is 0.0400. The van der Waals surface area contributed by atoms with Crippen molar-refractivity contribution in [3.8, 4) is 5.75 Å². The summed E-state index contributed by atoms with van der Waals surface area (Å²) in [7, 11) is 0. The molecule has 4 amide bonds. The van der Waals surface area contributed by atoms with Gasteiger partial charge in [0, 0.05) is 17.7 Å². The zero-order valence-electron chi connectivity index (χ0n) is 18.4. The van der Waals surface area contributed by atoms with Crippen LogP contribution in [0.15, 0.2) is 78.4 Å². The molecule has 0 atom stereocenters. The first-order valence-corrected chi connectivity index (χ1v) is 10.4. The number of benzene rings is 3. The molecule has 0 spiro atoms. The van der Waals surface area contributed by atoms with Gasteiger partial charge in [-0.05, 0) is 35.9 Å². The standard InChI is InChI=1S/C25H17N3O8/c29-22-20(23(30)27(25(33)26-22)18-5-3-6-19(13-18)28(34)35)12-17-4-1-2-7-21(17)36-14-15-8-10-16(11-9-15)24(31)32/h1-13H,14H2,(H,31,32)(H,26,29,33). The van der Waals surface area contributed by atoms with E-state index in [1.807, 2.05) is 0 Å². The lowest BCUT2D eigenvalue weighted by molar-refractivity contribution is -0.384. The summed E-state index contributed by atoms with van der Waals surface area (Å²) in [5.74, 6) is -2.60. The average molecular weight is 487 g/mol. The summed E-state index contributed by atoms with van der Waals surface area (Å²) in [6, 6.07) is 16.6. The van der Waals surface area contributed by atoms with Crippen LogP contribution in [-0.4, -0.2) is 33.8 Å². The number of carbonyl (C=O) groups is 4. The minimum Gasteiger partial charge on any atom is -0.488 e. The smallest absolute Gasteiger partial charge is 0.335 e. The van der Waals surface area contributed by atoms with Crippen molar-refractivity contribution in [2.45, 2.75) is 6.61 Å². The monoisotopic (exact) mass is 487 g/mol. The number of nitrogens with one attached hydrogen (secondary N) is 1. The lowest BCUT2D eigenvalue weighted by Gasteiger charge is -2.26. The van der Waals surface area contributed by atoms with Gasteiger partial charge in [0.2, 0.25) is 0 Å². The lowest BCUT2D eigenvalue weighted by atomic mass is 10.1. The first-order valence-electron chi connectivity index (χ1n) is 10.4. The highest BCUT2D eigenvalue weighted by Crippen LogP contribution is 2.27. The van der Waals surface area contributed by atoms with Gasteiger partial charge in [0.15, 0.2) is 0 Å². The molecule has 0 saturated carbocycles. The molecule has 3 aromatic rings. The van der Waals surface area contributed by atoms with Gasteiger partial charge in [-0.1, -0.05) is 36.4 Å². The fourth-order valence-corrected chi connectivity index (χ4v) is 3.43. The third-order valence-electron chi connectivity index (χ3n) is 5.21. The number of nitro benzene ring substituents is 1. The van der Waals surface area contributed by atoms with E-state index in [1.54, 1.807) is 36.4 Å². The van der Waals surface area contributed by atoms with Gasteiger partial charge in [-0.15, -0.1) is 0 Å². The van der Waals surface area contributed by atoms with Gasteiger partial charge in [0.25, 0.3) is 17.5 Å². The molecule has 0 aromatic heterocycles. The Morgan fingerprint density at radius 2 is 1.75 bits per heavy atom. The van der Waals surface area contributed by atoms with Crippen LogP contribution in [-0.2, 0) is 16.2 Å². The van der Waals surface area contributed by atoms with Crippen molar-refractivity contribution in [3.05, 3.63) is 105 Å². The molecule has 11 nitrogen and oxygen atoms in total. The van der Waals surface area contributed by atoms with Crippen molar-refractivity contribution in [2.24, 2.45) is 0 Å². The van der Waals surface area contributed by atoms with Crippen LogP contribution >= 0.6 is 0 Å². The maximum atomic E-state index is 13.1. The number of nitro groups is 1. The molecule has 1 aliphatic rings. The second kappa shape index (κ2) is 9.89. The first kappa shape index (κ1) is 23.8. The van der Waals surface area contributed by atoms with Gasteiger partial charge in [-0.2, -0.15) is 0 Å². The Balaban J connectivity index is 1.61. The molecule has 0 aliphatic carbocycles. The molecular weight excluding hydrogens is 470 g/mol. The summed E-state index contributed by atoms with van der Waals surface area (Å²) in [5.41, 5.74) is 0.421. The van der Waals surface area contributed by atoms with E-state index in [1.165, 1.54) is 36.4 Å². The van der Waals surface area contributed by atoms with Crippen molar-refractivity contribution in [2.75, 3.05) is 4.90 Å². The van der Waals surface area contributed by atoms with Crippen LogP contribution in [0, 0.1) is 10.1 Å². The number of hydrogen-bond donors (Lipinski definition) is 2. The molecule has 0 radical (unpaired) electrons. The van der Waals surface area contributed by atoms with Gasteiger partial charge >= 0.3 is 12.0 Å². The number of aromatic carboxylic acids is 1. The Morgan fingerprint density at radius 1 is 1.03 bits per heavy atom. The van der Waals surface area contributed by atoms with Crippen molar-refractivity contribution < 1.29 is 33.9 Å². The van der Waals surface area contributed by atoms with Gasteiger partial charge in [-0.3, -0.25) is 25.0 Å². The number of imide groups is 2. The third-order valence-corrected chi connectivity index (χ3v) is 5.21. The Bertz CT molecular complexity index is 1430. The SMILES string of the molecule is O=C1NC(=O)N(c2cccc([N+](=O)[O-])c2)C(=O)C1=Cc1ccccc1OCc1ccc(C(=O)O)cc1. The molecule has 1 heterocycles. The van der Waals surface area contributed by atoms with Crippen LogP contribution in [0.25, 0.3) is 6.08 Å². The molecular formula is C25H17N3O8. The zero-order valence-corrected chi connectivity index (χ0v) is 18.4. The number of nitrogens with zero attached hydrogens (tertiary/aromatic N) is 2. The van der Waals surface area contributed by atoms with Gasteiger partial charge in [-0.25, -0.2) is 14.5 Å². The summed E-state index contributed by atoms with van der Waals surface area (Å²) in [5, 5.41) is 22.2. The Hall–Kier alpha value is -5.32. The predicted molar refractivity (Wildman–Crippen MR) is 126 cm³/mol. The number of ether oxygens (including phenoxy) is 1. The molecule has 0 unspecified atom stereocenters. The highest BCUT2D eigenvalue weighted by Gasteiger charge is 2.37. The third kappa shape index (κ3) is 4.94. The number of hydrogen-bond acceptors (Lipinski definition) is 7. The number of non-ortho nitro benzene ring substituents is 1. The summed E-state index contributed by atoms with van der Waals surface area (Å²) >= 11 is 0. The van der Waals surface area contributed by atoms with Crippen molar-refractivity contribution >= 4 is 41.3 Å². The first-order chi connectivity index (χ1) is 17.2. The molecule has 4 rings (SSSR count). The van der Waals surface area contributed by atoms with Gasteiger partial charge in [0.05, 0.1) is 16.2 Å². The molecule has 1 aliphatic heterocycles. The van der Waals surface area contributed by atoms with E-state index in [2.05, 4.69) is 5.32 Å². The number of urea groups is 1. The minimum absolute atomic E-state index is 0.0700. The van der Waals surface area contributed by atoms with Gasteiger partial charge in [0.1, 0.15) is 17.9 Å². The number of carboxylic acid groups (broad SMARTS) is 1. The van der Waals surface area contributed by atoms with Crippen molar-refractivity contribution in [1.29, 1.82) is 0 Å². The van der Waals surface area contributed by atoms with E-state index in [0.29, 0.717) is 21.8 Å². The average Bonchev–Trinajstić information content (AvgIpc) is 2.86. The van der Waals surface area contributed by atoms with E-state index in [4.69, 9.17) is 9.84 Å². The summed E-state index contributed by atoms with van der Waals surface area (Å²) in [4.78, 5) is 60.1. The largest absolute Gasteiger partial charge is 0.488 e. The molecule has 0 bridgehead atoms. The summed E-state index contributed by atoms with van der Waals surface area (Å²) in [6.45, 7) is 0.0819. The maximum Gasteiger partial charge on any atom is 0.335 e. The quantitative estimate of drug-likeness (QED) is 0.222. The van der Waals surface area contributed by atoms with E-state index in [0.717, 1.165) is 6.07 Å². The lowest BCUT2D eigenvalue weighted by Crippen LogP contribution is -2.54. The number of anilines is 1. The number of carboxylic acids is 1. The minimum atomic E-state index is -1.05. The van der Waals surface area contributed by atoms with E-state index in [-0.39, 0.29) is 29.1 Å². The van der Waals surface area contributed by atoms with Gasteiger partial charge < -0.3 is 9.84 Å². The van der Waals surface area contributed by atoms with E-state index in [9.17, 15) is 29.3 Å². The number of barbiturate groups is 1. The predicted octanol–water partition coefficient (Wildman–Crippen LogP) is 3.54. The highest BCUT2D eigenvalue weighted by atomic mass is 16.6. The van der Waals surface area contributed by atoms with Crippen molar-refractivity contribution in [3.63, 3.8) is 0 Å². The number of para-hydroxylation sites is 1. The molecule has 1 fully saturated rings. The zero-order chi connectivity index (χ0) is 25.8. The Labute approximate surface area is 203 Å². The Morgan fingerprint density at radius 3 is 2.44 bits per heavy atom. The fourth-order valence-electron chi connectivity index (χ4n) is 3.43. The molecule has 180 valence electrons. The van der Waals surface area contributed by atoms with Crippen LogP contribution in [0.2, 0.25) is 0 Å². The molecule has 1 saturated heterocycles. The molecule has 36 heavy (non-hydrogen) atoms. The van der Waals surface area contributed by atoms with Crippen LogP contribution in [0.3, 0.4) is 0 Å². The topological polar surface area (TPSA) is 156 Å². The summed E-state index contributed by atoms with van der Waals surface area (Å²) < 4.78 is 5.82. The van der Waals surface area contributed by atoms with Crippen LogP contribution < -0.4 is 15.0 Å². The highest BCUT2D eigenvalue weighted by molar-refractivity contribution is 6.39. The van der Waals surface area contributed by atoms with Crippen LogP contribution in [0.5, 0.6) is 5.75 Å². The maximum absolute atomic E-state index is 13.1. The Kier molecular flexibility index (Phi) is 6.55. The van der Waals surface area contributed by atoms with E-state index >= 15 is 0 Å². The number of carbonyl (C=O) groups excluding carboxylic acids is 3. The number of rotatable bonds is 7. The normalized spacial score (nSPS) is 14.5. The van der Waals surface area contributed by atoms with Crippen molar-refractivity contribution in [1.82, 2.24) is 5.32 Å². The van der Waals surface area contributed by atoms with E-state index < -0.39 is 28.7 Å². The van der Waals surface area contributed by atoms with Crippen LogP contribution in [0.1, 0.15) is 21.5 Å². The molecule has 3 aromatic carbocycles. The molecule has 2 N–H and O–H groups in total. The second-order valence-electron chi connectivity index (χ2n) is 7.56. The summed E-state index contributed by atoms with van der Waals surface area (Å²) in [6.07, 6.45) is 1.26. The second-order valence-corrected chi connectivity index (χ2v) is 7.56. The number of amides is 4. The van der Waals surface area contributed by atoms with Crippen LogP contribution in [0.4, 0.5) is 16.2 Å². The molecule has 11 heteroatoms.